The van der Waals surface area contributed by atoms with Gasteiger partial charge in [0.1, 0.15) is 11.9 Å². The van der Waals surface area contributed by atoms with E-state index in [4.69, 9.17) is 11.6 Å². The molecule has 29 heavy (non-hydrogen) atoms. The Labute approximate surface area is 176 Å². The van der Waals surface area contributed by atoms with Gasteiger partial charge in [-0.1, -0.05) is 60.1 Å². The fourth-order valence-electron chi connectivity index (χ4n) is 2.99. The number of aliphatic hydroxyl groups is 1. The Morgan fingerprint density at radius 2 is 1.93 bits per heavy atom. The standard InChI is InChI=1S/C22H26ClN5O/c1-3-24-22(26-14-20(29)17-11-7-8-12-18(17)23)28(2)15-21-25-13-19(27-21)16-9-5-4-6-10-16/h4-13,20,29H,3,14-15H2,1-2H3,(H,24,26)(H,25,27). The quantitative estimate of drug-likeness (QED) is 0.407. The molecule has 3 aromatic rings. The molecule has 1 aromatic heterocycles. The van der Waals surface area contributed by atoms with Gasteiger partial charge in [-0.25, -0.2) is 4.98 Å². The Bertz CT molecular complexity index is 941. The highest BCUT2D eigenvalue weighted by Crippen LogP contribution is 2.22. The first kappa shape index (κ1) is 20.9. The van der Waals surface area contributed by atoms with Crippen LogP contribution in [0.2, 0.25) is 5.02 Å². The van der Waals surface area contributed by atoms with E-state index in [2.05, 4.69) is 20.3 Å². The number of aromatic nitrogens is 2. The van der Waals surface area contributed by atoms with Crippen LogP contribution in [0, 0.1) is 0 Å². The van der Waals surface area contributed by atoms with Crippen LogP contribution in [0.3, 0.4) is 0 Å². The number of nitrogens with zero attached hydrogens (tertiary/aromatic N) is 3. The molecule has 0 spiro atoms. The van der Waals surface area contributed by atoms with E-state index >= 15 is 0 Å². The maximum atomic E-state index is 10.5. The van der Waals surface area contributed by atoms with Gasteiger partial charge in [-0.05, 0) is 18.6 Å². The van der Waals surface area contributed by atoms with Crippen molar-refractivity contribution in [3.05, 3.63) is 77.2 Å². The van der Waals surface area contributed by atoms with Crippen LogP contribution < -0.4 is 5.32 Å². The van der Waals surface area contributed by atoms with Gasteiger partial charge in [0.25, 0.3) is 0 Å². The van der Waals surface area contributed by atoms with Crippen molar-refractivity contribution in [1.82, 2.24) is 20.2 Å². The molecule has 152 valence electrons. The molecule has 0 saturated heterocycles. The molecule has 0 aliphatic rings. The molecular formula is C22H26ClN5O. The molecular weight excluding hydrogens is 386 g/mol. The summed E-state index contributed by atoms with van der Waals surface area (Å²) in [5, 5.41) is 14.3. The Kier molecular flexibility index (Phi) is 7.27. The summed E-state index contributed by atoms with van der Waals surface area (Å²) >= 11 is 6.17. The fraction of sp³-hybridized carbons (Fsp3) is 0.273. The summed E-state index contributed by atoms with van der Waals surface area (Å²) in [6.45, 7) is 3.50. The van der Waals surface area contributed by atoms with Crippen molar-refractivity contribution < 1.29 is 5.11 Å². The average Bonchev–Trinajstić information content (AvgIpc) is 3.20. The monoisotopic (exact) mass is 411 g/mol. The third-order valence-corrected chi connectivity index (χ3v) is 4.82. The number of benzene rings is 2. The van der Waals surface area contributed by atoms with Crippen LogP contribution in [0.5, 0.6) is 0 Å². The zero-order valence-electron chi connectivity index (χ0n) is 16.6. The predicted molar refractivity (Wildman–Crippen MR) is 118 cm³/mol. The lowest BCUT2D eigenvalue weighted by Gasteiger charge is -2.21. The molecule has 0 aliphatic heterocycles. The van der Waals surface area contributed by atoms with Gasteiger partial charge in [0.05, 0.1) is 25.0 Å². The number of hydrogen-bond donors (Lipinski definition) is 3. The summed E-state index contributed by atoms with van der Waals surface area (Å²) in [6, 6.07) is 17.4. The van der Waals surface area contributed by atoms with Crippen LogP contribution in [0.15, 0.2) is 65.8 Å². The van der Waals surface area contributed by atoms with Crippen molar-refractivity contribution in [2.45, 2.75) is 19.6 Å². The Balaban J connectivity index is 1.68. The second kappa shape index (κ2) is 10.1. The lowest BCUT2D eigenvalue weighted by Crippen LogP contribution is -2.39. The third-order valence-electron chi connectivity index (χ3n) is 4.47. The first-order chi connectivity index (χ1) is 14.1. The molecule has 6 nitrogen and oxygen atoms in total. The predicted octanol–water partition coefficient (Wildman–Crippen LogP) is 3.86. The molecule has 3 N–H and O–H groups in total. The van der Waals surface area contributed by atoms with Crippen LogP contribution in [0.1, 0.15) is 24.4 Å². The van der Waals surface area contributed by atoms with Crippen LogP contribution >= 0.6 is 11.6 Å². The molecule has 3 rings (SSSR count). The van der Waals surface area contributed by atoms with Gasteiger partial charge in [0.2, 0.25) is 0 Å². The number of aromatic amines is 1. The number of aliphatic hydroxyl groups excluding tert-OH is 1. The number of nitrogens with one attached hydrogen (secondary N) is 2. The fourth-order valence-corrected chi connectivity index (χ4v) is 3.25. The van der Waals surface area contributed by atoms with E-state index in [0.29, 0.717) is 23.1 Å². The maximum absolute atomic E-state index is 10.5. The summed E-state index contributed by atoms with van der Waals surface area (Å²) in [4.78, 5) is 14.4. The first-order valence-corrected chi connectivity index (χ1v) is 9.97. The van der Waals surface area contributed by atoms with E-state index in [1.165, 1.54) is 0 Å². The van der Waals surface area contributed by atoms with E-state index in [1.807, 2.05) is 73.6 Å². The van der Waals surface area contributed by atoms with Crippen molar-refractivity contribution in [1.29, 1.82) is 0 Å². The minimum atomic E-state index is -0.765. The number of H-pyrrole nitrogens is 1. The van der Waals surface area contributed by atoms with Gasteiger partial charge in [0, 0.05) is 24.2 Å². The van der Waals surface area contributed by atoms with Crippen LogP contribution in [0.25, 0.3) is 11.3 Å². The molecule has 0 aliphatic carbocycles. The number of guanidine groups is 1. The number of rotatable bonds is 7. The van der Waals surface area contributed by atoms with Gasteiger partial charge in [-0.2, -0.15) is 0 Å². The Hall–Kier alpha value is -2.83. The van der Waals surface area contributed by atoms with E-state index < -0.39 is 6.10 Å². The zero-order chi connectivity index (χ0) is 20.6. The largest absolute Gasteiger partial charge is 0.386 e. The molecule has 0 fully saturated rings. The number of imidazole rings is 1. The lowest BCUT2D eigenvalue weighted by atomic mass is 10.1. The summed E-state index contributed by atoms with van der Waals surface area (Å²) in [5.74, 6) is 1.53. The second-order valence-corrected chi connectivity index (χ2v) is 7.10. The van der Waals surface area contributed by atoms with Crippen molar-refractivity contribution >= 4 is 17.6 Å². The molecule has 7 heteroatoms. The van der Waals surface area contributed by atoms with Crippen LogP contribution in [-0.2, 0) is 6.54 Å². The molecule has 0 bridgehead atoms. The Morgan fingerprint density at radius 1 is 1.21 bits per heavy atom. The lowest BCUT2D eigenvalue weighted by molar-refractivity contribution is 0.186. The van der Waals surface area contributed by atoms with E-state index in [0.717, 1.165) is 23.6 Å². The van der Waals surface area contributed by atoms with Crippen LogP contribution in [0.4, 0.5) is 0 Å². The highest BCUT2D eigenvalue weighted by molar-refractivity contribution is 6.31. The summed E-state index contributed by atoms with van der Waals surface area (Å²) < 4.78 is 0. The van der Waals surface area contributed by atoms with Crippen molar-refractivity contribution in [3.63, 3.8) is 0 Å². The van der Waals surface area contributed by atoms with Crippen molar-refractivity contribution in [2.75, 3.05) is 20.1 Å². The second-order valence-electron chi connectivity index (χ2n) is 6.70. The maximum Gasteiger partial charge on any atom is 0.194 e. The number of hydrogen-bond acceptors (Lipinski definition) is 3. The third kappa shape index (κ3) is 5.59. The van der Waals surface area contributed by atoms with Gasteiger partial charge in [-0.3, -0.25) is 4.99 Å². The van der Waals surface area contributed by atoms with Gasteiger partial charge >= 0.3 is 0 Å². The molecule has 2 aromatic carbocycles. The molecule has 0 radical (unpaired) electrons. The minimum absolute atomic E-state index is 0.212. The topological polar surface area (TPSA) is 76.5 Å². The highest BCUT2D eigenvalue weighted by atomic mass is 35.5. The SMILES string of the molecule is CCNC(=NCC(O)c1ccccc1Cl)N(C)Cc1ncc(-c2ccccc2)[nH]1. The number of aliphatic imine (C=N–C) groups is 1. The van der Waals surface area contributed by atoms with E-state index in [9.17, 15) is 5.11 Å². The van der Waals surface area contributed by atoms with Crippen molar-refractivity contribution in [2.24, 2.45) is 4.99 Å². The van der Waals surface area contributed by atoms with Crippen LogP contribution in [-0.4, -0.2) is 46.1 Å². The zero-order valence-corrected chi connectivity index (χ0v) is 17.4. The summed E-state index contributed by atoms with van der Waals surface area (Å²) in [5.41, 5.74) is 2.75. The molecule has 1 atom stereocenters. The number of halogens is 1. The molecule has 0 amide bonds. The average molecular weight is 412 g/mol. The normalized spacial score (nSPS) is 12.6. The molecule has 1 heterocycles. The Morgan fingerprint density at radius 3 is 2.66 bits per heavy atom. The van der Waals surface area contributed by atoms with E-state index in [1.54, 1.807) is 6.07 Å². The highest BCUT2D eigenvalue weighted by Gasteiger charge is 2.13. The summed E-state index contributed by atoms with van der Waals surface area (Å²) in [6.07, 6.45) is 1.07. The van der Waals surface area contributed by atoms with E-state index in [-0.39, 0.29) is 6.54 Å². The first-order valence-electron chi connectivity index (χ1n) is 9.59. The van der Waals surface area contributed by atoms with Gasteiger partial charge in [-0.15, -0.1) is 0 Å². The molecule has 0 saturated carbocycles. The molecule has 1 unspecified atom stereocenters. The van der Waals surface area contributed by atoms with Crippen molar-refractivity contribution in [3.8, 4) is 11.3 Å². The smallest absolute Gasteiger partial charge is 0.194 e. The van der Waals surface area contributed by atoms with Gasteiger partial charge < -0.3 is 20.3 Å². The van der Waals surface area contributed by atoms with Gasteiger partial charge in [0.15, 0.2) is 5.96 Å². The summed E-state index contributed by atoms with van der Waals surface area (Å²) in [7, 11) is 1.94. The minimum Gasteiger partial charge on any atom is -0.386 e.